The Morgan fingerprint density at radius 2 is 1.42 bits per heavy atom. The van der Waals surface area contributed by atoms with E-state index in [0.717, 1.165) is 146 Å². The Morgan fingerprint density at radius 3 is 2.00 bits per heavy atom. The number of ether oxygens (including phenoxy) is 3. The van der Waals surface area contributed by atoms with Gasteiger partial charge in [0.05, 0.1) is 50.6 Å². The van der Waals surface area contributed by atoms with Gasteiger partial charge in [0.2, 0.25) is 0 Å². The highest BCUT2D eigenvalue weighted by Gasteiger charge is 2.22. The quantitative estimate of drug-likeness (QED) is 0.135. The number of nitrogens with two attached hydrogens (primary N) is 1. The zero-order valence-corrected chi connectivity index (χ0v) is 34.9. The summed E-state index contributed by atoms with van der Waals surface area (Å²) in [6.45, 7) is 20.1. The number of aromatic nitrogens is 6. The first-order valence-corrected chi connectivity index (χ1v) is 20.2. The fraction of sp³-hybridized carbons (Fsp3) is 0.465. The van der Waals surface area contributed by atoms with Gasteiger partial charge >= 0.3 is 0 Å². The van der Waals surface area contributed by atoms with Gasteiger partial charge < -0.3 is 38.9 Å². The molecule has 0 bridgehead atoms. The zero-order chi connectivity index (χ0) is 41.5. The topological polar surface area (TPSA) is 168 Å². The van der Waals surface area contributed by atoms with E-state index >= 15 is 0 Å². The molecule has 0 aliphatic carbocycles. The van der Waals surface area contributed by atoms with Crippen molar-refractivity contribution in [1.29, 1.82) is 0 Å². The second kappa shape index (κ2) is 19.1. The normalized spacial score (nSPS) is 15.6. The maximum Gasteiger partial charge on any atom is 0.165 e. The van der Waals surface area contributed by atoms with E-state index in [4.69, 9.17) is 39.0 Å². The molecule has 16 heteroatoms. The smallest absolute Gasteiger partial charge is 0.165 e. The molecular formula is C43H55FN10O5. The molecular weight excluding hydrogens is 756 g/mol. The number of nitrogen functional groups attached to an aromatic ring is 1. The van der Waals surface area contributed by atoms with E-state index in [1.807, 2.05) is 46.0 Å². The SMILES string of the molecule is COc1ccc(CC(C)c2nc3cc(-c4c(C)noc4C)cnc3n2CCN2CCOCC2)cc1F.Cc1noc(C)c1-c1cnc(NCCN2CCOCC2)c(N)c1. The van der Waals surface area contributed by atoms with Gasteiger partial charge in [0.1, 0.15) is 28.7 Å². The van der Waals surface area contributed by atoms with Crippen LogP contribution in [-0.4, -0.2) is 119 Å². The lowest BCUT2D eigenvalue weighted by Gasteiger charge is -2.27. The third kappa shape index (κ3) is 9.90. The Kier molecular flexibility index (Phi) is 13.5. The predicted molar refractivity (Wildman–Crippen MR) is 224 cm³/mol. The molecule has 1 unspecified atom stereocenters. The summed E-state index contributed by atoms with van der Waals surface area (Å²) in [5.41, 5.74) is 14.8. The number of pyridine rings is 2. The number of hydrogen-bond donors (Lipinski definition) is 2. The number of nitrogens with zero attached hydrogens (tertiary/aromatic N) is 8. The van der Waals surface area contributed by atoms with Crippen molar-refractivity contribution < 1.29 is 27.6 Å². The van der Waals surface area contributed by atoms with Gasteiger partial charge in [-0.3, -0.25) is 9.80 Å². The van der Waals surface area contributed by atoms with Crippen LogP contribution in [0.25, 0.3) is 33.4 Å². The van der Waals surface area contributed by atoms with E-state index in [0.29, 0.717) is 17.9 Å². The largest absolute Gasteiger partial charge is 0.494 e. The first kappa shape index (κ1) is 41.7. The van der Waals surface area contributed by atoms with Crippen LogP contribution >= 0.6 is 0 Å². The average Bonchev–Trinajstić information content (AvgIpc) is 3.90. The van der Waals surface area contributed by atoms with Gasteiger partial charge in [0.25, 0.3) is 0 Å². The molecule has 314 valence electrons. The molecule has 0 radical (unpaired) electrons. The molecule has 2 aliphatic heterocycles. The van der Waals surface area contributed by atoms with Crippen LogP contribution in [0.3, 0.4) is 0 Å². The summed E-state index contributed by atoms with van der Waals surface area (Å²) in [6, 6.07) is 9.10. The third-order valence-electron chi connectivity index (χ3n) is 10.9. The van der Waals surface area contributed by atoms with Gasteiger partial charge in [-0.25, -0.2) is 19.3 Å². The zero-order valence-electron chi connectivity index (χ0n) is 34.9. The molecule has 0 saturated carbocycles. The first-order chi connectivity index (χ1) is 28.6. The minimum Gasteiger partial charge on any atom is -0.494 e. The van der Waals surface area contributed by atoms with Crippen molar-refractivity contribution in [2.24, 2.45) is 0 Å². The molecule has 1 atom stereocenters. The number of methoxy groups -OCH3 is 1. The summed E-state index contributed by atoms with van der Waals surface area (Å²) in [5.74, 6) is 3.15. The number of aryl methyl sites for hydroxylation is 4. The van der Waals surface area contributed by atoms with E-state index in [9.17, 15) is 4.39 Å². The van der Waals surface area contributed by atoms with Crippen LogP contribution in [0.5, 0.6) is 5.75 Å². The van der Waals surface area contributed by atoms with Crippen molar-refractivity contribution in [2.45, 2.75) is 53.5 Å². The van der Waals surface area contributed by atoms with Crippen molar-refractivity contribution in [2.75, 3.05) is 90.4 Å². The molecule has 15 nitrogen and oxygen atoms in total. The van der Waals surface area contributed by atoms with Crippen LogP contribution in [0, 0.1) is 33.5 Å². The lowest BCUT2D eigenvalue weighted by Crippen LogP contribution is -2.39. The van der Waals surface area contributed by atoms with Crippen LogP contribution in [0.2, 0.25) is 0 Å². The summed E-state index contributed by atoms with van der Waals surface area (Å²) in [6.07, 6.45) is 4.33. The third-order valence-corrected chi connectivity index (χ3v) is 10.9. The van der Waals surface area contributed by atoms with Crippen molar-refractivity contribution in [3.8, 4) is 28.0 Å². The Bertz CT molecular complexity index is 2290. The average molecular weight is 811 g/mol. The number of imidazole rings is 1. The van der Waals surface area contributed by atoms with Crippen molar-refractivity contribution in [3.63, 3.8) is 0 Å². The van der Waals surface area contributed by atoms with Crippen LogP contribution < -0.4 is 15.8 Å². The second-order valence-electron chi connectivity index (χ2n) is 15.2. The summed E-state index contributed by atoms with van der Waals surface area (Å²) >= 11 is 0. The number of hydrogen-bond acceptors (Lipinski definition) is 14. The highest BCUT2D eigenvalue weighted by atomic mass is 19.1. The van der Waals surface area contributed by atoms with Crippen LogP contribution in [0.15, 0.2) is 51.8 Å². The maximum absolute atomic E-state index is 14.3. The van der Waals surface area contributed by atoms with E-state index in [2.05, 4.69) is 48.0 Å². The van der Waals surface area contributed by atoms with E-state index in [1.165, 1.54) is 7.11 Å². The summed E-state index contributed by atoms with van der Waals surface area (Å²) in [7, 11) is 1.47. The lowest BCUT2D eigenvalue weighted by atomic mass is 10.00. The highest BCUT2D eigenvalue weighted by Crippen LogP contribution is 2.32. The Balaban J connectivity index is 0.000000198. The molecule has 7 heterocycles. The molecule has 6 aromatic rings. The maximum atomic E-state index is 14.3. The number of halogens is 1. The number of anilines is 2. The fourth-order valence-electron chi connectivity index (χ4n) is 7.82. The summed E-state index contributed by atoms with van der Waals surface area (Å²) in [4.78, 5) is 19.1. The van der Waals surface area contributed by atoms with E-state index in [-0.39, 0.29) is 17.5 Å². The van der Waals surface area contributed by atoms with Gasteiger partial charge in [-0.05, 0) is 63.9 Å². The van der Waals surface area contributed by atoms with Crippen molar-refractivity contribution in [3.05, 3.63) is 82.8 Å². The number of fused-ring (bicyclic) bond motifs is 1. The van der Waals surface area contributed by atoms with Crippen LogP contribution in [-0.2, 0) is 22.4 Å². The predicted octanol–water partition coefficient (Wildman–Crippen LogP) is 6.21. The Hall–Kier alpha value is -5.42. The lowest BCUT2D eigenvalue weighted by molar-refractivity contribution is 0.0364. The molecule has 2 aliphatic rings. The summed E-state index contributed by atoms with van der Waals surface area (Å²) in [5, 5.41) is 11.4. The second-order valence-corrected chi connectivity index (χ2v) is 15.2. The van der Waals surface area contributed by atoms with Gasteiger partial charge in [-0.1, -0.05) is 23.3 Å². The fourth-order valence-corrected chi connectivity index (χ4v) is 7.82. The van der Waals surface area contributed by atoms with Gasteiger partial charge in [-0.15, -0.1) is 0 Å². The van der Waals surface area contributed by atoms with E-state index < -0.39 is 0 Å². The summed E-state index contributed by atoms with van der Waals surface area (Å²) < 4.78 is 43.0. The molecule has 8 rings (SSSR count). The highest BCUT2D eigenvalue weighted by molar-refractivity contribution is 5.80. The molecule has 3 N–H and O–H groups in total. The van der Waals surface area contributed by atoms with E-state index in [1.54, 1.807) is 18.3 Å². The standard InChI is InChI=1S/C27H32FN5O3.C16H23N5O2/c1-17(13-20-5-6-24(34-4)22(28)14-20)26-30-23-15-21(25-18(2)31-36-19(25)3)16-29-27(23)33(26)8-7-32-9-11-35-12-10-32;1-11-15(12(2)23-20-11)13-9-14(17)16(19-10-13)18-3-4-21-5-7-22-8-6-21/h5-6,14-17H,7-13H2,1-4H3;9-10H,3-8,17H2,1-2H3,(H,18,19). The van der Waals surface area contributed by atoms with Crippen LogP contribution in [0.1, 0.15) is 47.1 Å². The molecule has 2 fully saturated rings. The van der Waals surface area contributed by atoms with Gasteiger partial charge in [-0.2, -0.15) is 0 Å². The molecule has 0 amide bonds. The Labute approximate surface area is 344 Å². The molecule has 1 aromatic carbocycles. The van der Waals surface area contributed by atoms with Gasteiger partial charge in [0.15, 0.2) is 17.2 Å². The molecule has 59 heavy (non-hydrogen) atoms. The number of nitrogens with one attached hydrogen (secondary N) is 1. The number of benzene rings is 1. The molecule has 0 spiro atoms. The van der Waals surface area contributed by atoms with Crippen LogP contribution in [0.4, 0.5) is 15.9 Å². The minimum absolute atomic E-state index is 0.0548. The first-order valence-electron chi connectivity index (χ1n) is 20.2. The molecule has 2 saturated heterocycles. The van der Waals surface area contributed by atoms with Crippen molar-refractivity contribution >= 4 is 22.7 Å². The van der Waals surface area contributed by atoms with Gasteiger partial charge in [0, 0.05) is 92.9 Å². The number of rotatable bonds is 13. The monoisotopic (exact) mass is 810 g/mol. The minimum atomic E-state index is -0.353. The molecule has 5 aromatic heterocycles. The van der Waals surface area contributed by atoms with Crippen molar-refractivity contribution in [1.82, 2.24) is 39.6 Å². The number of morpholine rings is 2. The Morgan fingerprint density at radius 1 is 0.814 bits per heavy atom.